The molecule has 10 nitrogen and oxygen atoms in total. The van der Waals surface area contributed by atoms with E-state index in [1.807, 2.05) is 11.8 Å². The van der Waals surface area contributed by atoms with Crippen molar-refractivity contribution in [1.82, 2.24) is 20.4 Å². The monoisotopic (exact) mass is 584 g/mol. The number of anilines is 1. The Bertz CT molecular complexity index is 1160. The third-order valence-electron chi connectivity index (χ3n) is 9.70. The van der Waals surface area contributed by atoms with Crippen LogP contribution in [0.4, 0.5) is 5.69 Å². The van der Waals surface area contributed by atoms with Gasteiger partial charge in [0.05, 0.1) is 17.3 Å². The van der Waals surface area contributed by atoms with Crippen LogP contribution in [0.3, 0.4) is 0 Å². The number of hydrogen-bond donors (Lipinski definition) is 4. The maximum Gasteiger partial charge on any atom is 0.312 e. The smallest absolute Gasteiger partial charge is 0.312 e. The predicted octanol–water partition coefficient (Wildman–Crippen LogP) is 2.26. The summed E-state index contributed by atoms with van der Waals surface area (Å²) in [6, 6.07) is 6.84. The van der Waals surface area contributed by atoms with Crippen LogP contribution < -0.4 is 21.7 Å². The van der Waals surface area contributed by atoms with Gasteiger partial charge in [0.25, 0.3) is 0 Å². The molecule has 4 heterocycles. The Morgan fingerprint density at radius 3 is 2.59 bits per heavy atom. The molecule has 0 radical (unpaired) electrons. The van der Waals surface area contributed by atoms with E-state index in [1.165, 1.54) is 50.8 Å². The van der Waals surface area contributed by atoms with Gasteiger partial charge in [-0.1, -0.05) is 24.8 Å². The molecule has 5 aliphatic rings. The summed E-state index contributed by atoms with van der Waals surface area (Å²) in [5.41, 5.74) is 7.78. The van der Waals surface area contributed by atoms with Crippen molar-refractivity contribution in [3.63, 3.8) is 0 Å². The molecule has 41 heavy (non-hydrogen) atoms. The van der Waals surface area contributed by atoms with Gasteiger partial charge in [-0.2, -0.15) is 0 Å². The average molecular weight is 585 g/mol. The topological polar surface area (TPSA) is 129 Å². The molecule has 3 saturated heterocycles. The van der Waals surface area contributed by atoms with Crippen LogP contribution in [0.25, 0.3) is 0 Å². The standard InChI is InChI=1S/C30H44N6O4S/c1-17-3-7-24(36(16-17)30(39)27(38)33-20-14-22(26(31)37)28(40-2)32-15-20)19-4-8-25-23(13-19)34-29(41-25)18-9-11-35(12-10-18)21-5-6-21/h4,8,13,17-18,20-22,24,28-29,32,34H,3,5-7,9-12,14-16H2,1-2H3,(H2,31,37)(H,33,38)/t17-,20?,22?,24+,28?,29?/m0/s1. The van der Waals surface area contributed by atoms with Gasteiger partial charge in [0.1, 0.15) is 6.23 Å². The summed E-state index contributed by atoms with van der Waals surface area (Å²) < 4.78 is 5.32. The first-order valence-corrected chi connectivity index (χ1v) is 16.2. The molecule has 0 bridgehead atoms. The minimum Gasteiger partial charge on any atom is -0.372 e. The number of benzene rings is 1. The molecule has 11 heteroatoms. The normalized spacial score (nSPS) is 32.7. The third kappa shape index (κ3) is 6.23. The third-order valence-corrected chi connectivity index (χ3v) is 11.1. The lowest BCUT2D eigenvalue weighted by atomic mass is 9.89. The lowest BCUT2D eigenvalue weighted by Gasteiger charge is -2.39. The molecule has 6 rings (SSSR count). The van der Waals surface area contributed by atoms with Crippen molar-refractivity contribution in [3.8, 4) is 0 Å². The van der Waals surface area contributed by atoms with Gasteiger partial charge < -0.3 is 30.9 Å². The zero-order chi connectivity index (χ0) is 28.7. The number of rotatable bonds is 6. The lowest BCUT2D eigenvalue weighted by Crippen LogP contribution is -2.59. The van der Waals surface area contributed by atoms with E-state index in [-0.39, 0.29) is 12.1 Å². The second-order valence-corrected chi connectivity index (χ2v) is 13.9. The Morgan fingerprint density at radius 1 is 1.10 bits per heavy atom. The number of carbonyl (C=O) groups is 3. The largest absolute Gasteiger partial charge is 0.372 e. The number of methoxy groups -OCH3 is 1. The van der Waals surface area contributed by atoms with E-state index in [0.29, 0.717) is 36.7 Å². The summed E-state index contributed by atoms with van der Waals surface area (Å²) in [7, 11) is 1.51. The highest BCUT2D eigenvalue weighted by atomic mass is 32.2. The van der Waals surface area contributed by atoms with Crippen LogP contribution in [0.1, 0.15) is 63.5 Å². The second-order valence-electron chi connectivity index (χ2n) is 12.7. The number of ether oxygens (including phenoxy) is 1. The molecule has 0 spiro atoms. The number of hydrogen-bond acceptors (Lipinski definition) is 8. The molecule has 1 aromatic carbocycles. The first kappa shape index (κ1) is 28.8. The molecule has 1 aromatic rings. The Kier molecular flexibility index (Phi) is 8.49. The molecule has 0 aromatic heterocycles. The van der Waals surface area contributed by atoms with Crippen molar-refractivity contribution in [1.29, 1.82) is 0 Å². The van der Waals surface area contributed by atoms with Crippen LogP contribution in [-0.2, 0) is 19.1 Å². The Morgan fingerprint density at radius 2 is 1.88 bits per heavy atom. The Balaban J connectivity index is 1.10. The van der Waals surface area contributed by atoms with Crippen molar-refractivity contribution in [2.75, 3.05) is 38.6 Å². The van der Waals surface area contributed by atoms with Gasteiger partial charge in [-0.25, -0.2) is 0 Å². The number of piperidine rings is 3. The maximum absolute atomic E-state index is 13.6. The van der Waals surface area contributed by atoms with Crippen LogP contribution >= 0.6 is 11.8 Å². The summed E-state index contributed by atoms with van der Waals surface area (Å²) in [6.07, 6.45) is 6.88. The van der Waals surface area contributed by atoms with Gasteiger partial charge in [0.15, 0.2) is 0 Å². The molecule has 3 amide bonds. The van der Waals surface area contributed by atoms with E-state index >= 15 is 0 Å². The van der Waals surface area contributed by atoms with Crippen LogP contribution in [0.5, 0.6) is 0 Å². The molecule has 224 valence electrons. The number of amides is 3. The summed E-state index contributed by atoms with van der Waals surface area (Å²) in [4.78, 5) is 44.4. The van der Waals surface area contributed by atoms with Crippen molar-refractivity contribution < 1.29 is 19.1 Å². The number of nitrogens with two attached hydrogens (primary N) is 1. The molecule has 4 aliphatic heterocycles. The van der Waals surface area contributed by atoms with Crippen LogP contribution in [0.2, 0.25) is 0 Å². The molecule has 4 fully saturated rings. The molecule has 4 unspecified atom stereocenters. The minimum atomic E-state index is -0.637. The zero-order valence-electron chi connectivity index (χ0n) is 24.1. The minimum absolute atomic E-state index is 0.150. The highest BCUT2D eigenvalue weighted by Gasteiger charge is 2.40. The lowest BCUT2D eigenvalue weighted by molar-refractivity contribution is -0.150. The van der Waals surface area contributed by atoms with Gasteiger partial charge in [0.2, 0.25) is 5.91 Å². The van der Waals surface area contributed by atoms with Crippen molar-refractivity contribution in [2.24, 2.45) is 23.5 Å². The van der Waals surface area contributed by atoms with E-state index < -0.39 is 29.9 Å². The highest BCUT2D eigenvalue weighted by molar-refractivity contribution is 8.00. The van der Waals surface area contributed by atoms with Gasteiger partial charge in [-0.15, -0.1) is 0 Å². The zero-order valence-corrected chi connectivity index (χ0v) is 25.0. The molecule has 1 aliphatic carbocycles. The average Bonchev–Trinajstić information content (AvgIpc) is 3.75. The Hall–Kier alpha value is -2.34. The number of likely N-dealkylation sites (tertiary alicyclic amines) is 2. The molecular formula is C30H44N6O4S. The quantitative estimate of drug-likeness (QED) is 0.375. The fraction of sp³-hybridized carbons (Fsp3) is 0.700. The van der Waals surface area contributed by atoms with Gasteiger partial charge >= 0.3 is 11.8 Å². The van der Waals surface area contributed by atoms with E-state index in [0.717, 1.165) is 30.1 Å². The fourth-order valence-electron chi connectivity index (χ4n) is 7.17. The van der Waals surface area contributed by atoms with E-state index in [2.05, 4.69) is 46.0 Å². The number of primary amides is 1. The van der Waals surface area contributed by atoms with E-state index in [9.17, 15) is 14.4 Å². The van der Waals surface area contributed by atoms with Gasteiger partial charge in [-0.3, -0.25) is 19.7 Å². The SMILES string of the molecule is COC1NCC(NC(=O)C(=O)N2C[C@@H](C)CC[C@@H]2c2ccc3c(c2)NC(C2CCN(C4CC4)CC2)S3)CC1C(N)=O. The first-order valence-electron chi connectivity index (χ1n) is 15.3. The Labute approximate surface area is 246 Å². The molecule has 1 saturated carbocycles. The number of nitrogens with one attached hydrogen (secondary N) is 3. The maximum atomic E-state index is 13.6. The van der Waals surface area contributed by atoms with Crippen molar-refractivity contribution >= 4 is 35.2 Å². The summed E-state index contributed by atoms with van der Waals surface area (Å²) >= 11 is 1.94. The first-order chi connectivity index (χ1) is 19.8. The van der Waals surface area contributed by atoms with Crippen LogP contribution in [0.15, 0.2) is 23.1 Å². The molecule has 5 N–H and O–H groups in total. The summed E-state index contributed by atoms with van der Waals surface area (Å²) in [5.74, 6) is -1.26. The molecular weight excluding hydrogens is 540 g/mol. The van der Waals surface area contributed by atoms with Crippen molar-refractivity contribution in [2.45, 2.75) is 86.5 Å². The van der Waals surface area contributed by atoms with E-state index in [4.69, 9.17) is 10.5 Å². The summed E-state index contributed by atoms with van der Waals surface area (Å²) in [6.45, 7) is 5.49. The van der Waals surface area contributed by atoms with Gasteiger partial charge in [-0.05, 0) is 87.6 Å². The highest BCUT2D eigenvalue weighted by Crippen LogP contribution is 2.46. The number of thioether (sulfide) groups is 1. The number of carbonyl (C=O) groups excluding carboxylic acids is 3. The summed E-state index contributed by atoms with van der Waals surface area (Å²) in [5, 5.41) is 10.2. The van der Waals surface area contributed by atoms with Crippen LogP contribution in [-0.4, -0.2) is 84.5 Å². The predicted molar refractivity (Wildman–Crippen MR) is 158 cm³/mol. The van der Waals surface area contributed by atoms with E-state index in [1.54, 1.807) is 4.90 Å². The van der Waals surface area contributed by atoms with Gasteiger partial charge in [0, 0.05) is 42.9 Å². The fourth-order valence-corrected chi connectivity index (χ4v) is 8.48. The number of fused-ring (bicyclic) bond motifs is 1. The molecule has 6 atom stereocenters. The number of nitrogens with zero attached hydrogens (tertiary/aromatic N) is 2. The van der Waals surface area contributed by atoms with Crippen LogP contribution in [0, 0.1) is 17.8 Å². The second kappa shape index (κ2) is 12.1. The van der Waals surface area contributed by atoms with Crippen molar-refractivity contribution in [3.05, 3.63) is 23.8 Å².